The fourth-order valence-corrected chi connectivity index (χ4v) is 4.61. The molecular weight excluding hydrogens is 370 g/mol. The van der Waals surface area contributed by atoms with Gasteiger partial charge in [-0.15, -0.1) is 0 Å². The minimum Gasteiger partial charge on any atom is -0.380 e. The van der Waals surface area contributed by atoms with Crippen LogP contribution in [-0.4, -0.2) is 78.3 Å². The van der Waals surface area contributed by atoms with Gasteiger partial charge in [-0.3, -0.25) is 14.5 Å². The van der Waals surface area contributed by atoms with Crippen molar-refractivity contribution in [2.75, 3.05) is 45.9 Å². The second-order valence-electron chi connectivity index (χ2n) is 8.42. The van der Waals surface area contributed by atoms with E-state index >= 15 is 0 Å². The number of aliphatic hydroxyl groups is 1. The number of aryl methyl sites for hydroxylation is 1. The van der Waals surface area contributed by atoms with Crippen LogP contribution < -0.4 is 5.32 Å². The average molecular weight is 402 g/mol. The third kappa shape index (κ3) is 4.63. The summed E-state index contributed by atoms with van der Waals surface area (Å²) in [6, 6.07) is 8.19. The standard InChI is InChI=1S/C22H31N3O4/c26-20(25-12-14-29-15-13-25)16-24-10-8-22(28,9-11-24)21(27)23-19-7-3-5-17-4-1-2-6-18(17)19/h1-2,4,6,19,28H,3,5,7-16H2,(H,23,27). The van der Waals surface area contributed by atoms with Gasteiger partial charge in [-0.2, -0.15) is 0 Å². The highest BCUT2D eigenvalue weighted by atomic mass is 16.5. The van der Waals surface area contributed by atoms with Crippen molar-refractivity contribution in [1.82, 2.24) is 15.1 Å². The number of nitrogens with one attached hydrogen (secondary N) is 1. The van der Waals surface area contributed by atoms with E-state index in [0.29, 0.717) is 58.8 Å². The SMILES string of the molecule is O=C(CN1CCC(O)(C(=O)NC2CCCc3ccccc32)CC1)N1CCOCC1. The summed E-state index contributed by atoms with van der Waals surface area (Å²) in [5.41, 5.74) is 1.10. The molecule has 2 heterocycles. The summed E-state index contributed by atoms with van der Waals surface area (Å²) in [4.78, 5) is 29.2. The molecule has 4 rings (SSSR count). The summed E-state index contributed by atoms with van der Waals surface area (Å²) < 4.78 is 5.29. The van der Waals surface area contributed by atoms with E-state index in [-0.39, 0.29) is 17.9 Å². The van der Waals surface area contributed by atoms with Crippen LogP contribution in [0.1, 0.15) is 42.9 Å². The van der Waals surface area contributed by atoms with Crippen molar-refractivity contribution in [2.24, 2.45) is 0 Å². The maximum absolute atomic E-state index is 12.9. The largest absolute Gasteiger partial charge is 0.380 e. The van der Waals surface area contributed by atoms with E-state index in [1.807, 2.05) is 21.9 Å². The molecule has 2 amide bonds. The van der Waals surface area contributed by atoms with Crippen molar-refractivity contribution in [3.8, 4) is 0 Å². The molecule has 1 unspecified atom stereocenters. The molecule has 3 aliphatic rings. The maximum atomic E-state index is 12.9. The first-order chi connectivity index (χ1) is 14.0. The van der Waals surface area contributed by atoms with Gasteiger partial charge in [0.15, 0.2) is 0 Å². The van der Waals surface area contributed by atoms with Crippen molar-refractivity contribution in [2.45, 2.75) is 43.7 Å². The van der Waals surface area contributed by atoms with E-state index in [2.05, 4.69) is 17.4 Å². The Morgan fingerprint density at radius 1 is 1.14 bits per heavy atom. The zero-order valence-corrected chi connectivity index (χ0v) is 16.9. The molecule has 0 bridgehead atoms. The number of fused-ring (bicyclic) bond motifs is 1. The Kier molecular flexibility index (Phi) is 6.18. The zero-order valence-electron chi connectivity index (χ0n) is 16.9. The fourth-order valence-electron chi connectivity index (χ4n) is 4.61. The lowest BCUT2D eigenvalue weighted by atomic mass is 9.86. The predicted octanol–water partition coefficient (Wildman–Crippen LogP) is 0.866. The molecule has 2 N–H and O–H groups in total. The minimum absolute atomic E-state index is 0.0302. The molecule has 158 valence electrons. The lowest BCUT2D eigenvalue weighted by Crippen LogP contribution is -2.56. The topological polar surface area (TPSA) is 82.1 Å². The van der Waals surface area contributed by atoms with Gasteiger partial charge >= 0.3 is 0 Å². The Morgan fingerprint density at radius 3 is 2.62 bits per heavy atom. The number of morpholine rings is 1. The van der Waals surface area contributed by atoms with E-state index in [9.17, 15) is 14.7 Å². The molecular formula is C22H31N3O4. The normalized spacial score (nSPS) is 24.6. The summed E-state index contributed by atoms with van der Waals surface area (Å²) in [5, 5.41) is 14.1. The summed E-state index contributed by atoms with van der Waals surface area (Å²) in [6.07, 6.45) is 3.68. The van der Waals surface area contributed by atoms with Gasteiger partial charge in [0, 0.05) is 26.2 Å². The van der Waals surface area contributed by atoms with Crippen LogP contribution in [0, 0.1) is 0 Å². The van der Waals surface area contributed by atoms with Gasteiger partial charge in [0.25, 0.3) is 5.91 Å². The number of amides is 2. The maximum Gasteiger partial charge on any atom is 0.252 e. The van der Waals surface area contributed by atoms with Crippen LogP contribution in [0.2, 0.25) is 0 Å². The molecule has 2 aliphatic heterocycles. The van der Waals surface area contributed by atoms with Crippen molar-refractivity contribution < 1.29 is 19.4 Å². The summed E-state index contributed by atoms with van der Waals surface area (Å²) in [6.45, 7) is 3.89. The molecule has 0 aromatic heterocycles. The van der Waals surface area contributed by atoms with E-state index in [1.54, 1.807) is 0 Å². The van der Waals surface area contributed by atoms with Crippen molar-refractivity contribution in [3.63, 3.8) is 0 Å². The highest BCUT2D eigenvalue weighted by molar-refractivity contribution is 5.85. The number of benzene rings is 1. The van der Waals surface area contributed by atoms with Crippen LogP contribution in [0.25, 0.3) is 0 Å². The summed E-state index contributed by atoms with van der Waals surface area (Å²) >= 11 is 0. The van der Waals surface area contributed by atoms with Crippen LogP contribution in [0.4, 0.5) is 0 Å². The highest BCUT2D eigenvalue weighted by Crippen LogP contribution is 2.31. The van der Waals surface area contributed by atoms with Crippen molar-refractivity contribution in [1.29, 1.82) is 0 Å². The van der Waals surface area contributed by atoms with Crippen LogP contribution in [-0.2, 0) is 20.7 Å². The van der Waals surface area contributed by atoms with Crippen LogP contribution in [0.5, 0.6) is 0 Å². The second kappa shape index (κ2) is 8.81. The number of nitrogens with zero attached hydrogens (tertiary/aromatic N) is 2. The Balaban J connectivity index is 1.30. The average Bonchev–Trinajstić information content (AvgIpc) is 2.76. The van der Waals surface area contributed by atoms with Gasteiger partial charge in [0.1, 0.15) is 5.60 Å². The Hall–Kier alpha value is -1.96. The molecule has 1 atom stereocenters. The number of carbonyl (C=O) groups excluding carboxylic acids is 2. The van der Waals surface area contributed by atoms with Crippen molar-refractivity contribution in [3.05, 3.63) is 35.4 Å². The van der Waals surface area contributed by atoms with E-state index < -0.39 is 5.60 Å². The van der Waals surface area contributed by atoms with E-state index in [4.69, 9.17) is 4.74 Å². The third-order valence-corrected chi connectivity index (χ3v) is 6.50. The number of rotatable bonds is 4. The van der Waals surface area contributed by atoms with E-state index in [0.717, 1.165) is 19.3 Å². The van der Waals surface area contributed by atoms with Gasteiger partial charge in [-0.25, -0.2) is 0 Å². The molecule has 1 aliphatic carbocycles. The molecule has 2 fully saturated rings. The number of piperidine rings is 1. The Labute approximate surface area is 172 Å². The minimum atomic E-state index is -1.36. The smallest absolute Gasteiger partial charge is 0.252 e. The number of hydrogen-bond donors (Lipinski definition) is 2. The first kappa shape index (κ1) is 20.3. The molecule has 29 heavy (non-hydrogen) atoms. The highest BCUT2D eigenvalue weighted by Gasteiger charge is 2.41. The van der Waals surface area contributed by atoms with Crippen LogP contribution in [0.3, 0.4) is 0 Å². The zero-order chi connectivity index (χ0) is 20.3. The quantitative estimate of drug-likeness (QED) is 0.782. The van der Waals surface area contributed by atoms with Crippen molar-refractivity contribution >= 4 is 11.8 Å². The van der Waals surface area contributed by atoms with Gasteiger partial charge in [0.2, 0.25) is 5.91 Å². The van der Waals surface area contributed by atoms with Crippen LogP contribution >= 0.6 is 0 Å². The first-order valence-electron chi connectivity index (χ1n) is 10.7. The van der Waals surface area contributed by atoms with Gasteiger partial charge in [0.05, 0.1) is 25.8 Å². The Bertz CT molecular complexity index is 739. The summed E-state index contributed by atoms with van der Waals surface area (Å²) in [7, 11) is 0. The molecule has 1 aromatic carbocycles. The first-order valence-corrected chi connectivity index (χ1v) is 10.7. The number of likely N-dealkylation sites (tertiary alicyclic amines) is 1. The molecule has 0 spiro atoms. The number of hydrogen-bond acceptors (Lipinski definition) is 5. The number of carbonyl (C=O) groups is 2. The molecule has 7 nitrogen and oxygen atoms in total. The third-order valence-electron chi connectivity index (χ3n) is 6.50. The lowest BCUT2D eigenvalue weighted by molar-refractivity contribution is -0.147. The van der Waals surface area contributed by atoms with Gasteiger partial charge < -0.3 is 20.1 Å². The fraction of sp³-hybridized carbons (Fsp3) is 0.636. The molecule has 0 saturated carbocycles. The summed E-state index contributed by atoms with van der Waals surface area (Å²) in [5.74, 6) is -0.180. The van der Waals surface area contributed by atoms with Gasteiger partial charge in [-0.05, 0) is 43.2 Å². The monoisotopic (exact) mass is 401 g/mol. The van der Waals surface area contributed by atoms with Gasteiger partial charge in [-0.1, -0.05) is 24.3 Å². The second-order valence-corrected chi connectivity index (χ2v) is 8.42. The molecule has 1 aromatic rings. The molecule has 2 saturated heterocycles. The van der Waals surface area contributed by atoms with E-state index in [1.165, 1.54) is 11.1 Å². The molecule has 7 heteroatoms. The lowest BCUT2D eigenvalue weighted by Gasteiger charge is -2.39. The Morgan fingerprint density at radius 2 is 1.86 bits per heavy atom. The predicted molar refractivity (Wildman–Crippen MR) is 108 cm³/mol. The number of ether oxygens (including phenoxy) is 1. The van der Waals surface area contributed by atoms with Crippen LogP contribution in [0.15, 0.2) is 24.3 Å². The molecule has 0 radical (unpaired) electrons.